The van der Waals surface area contributed by atoms with Crippen LogP contribution < -0.4 is 0 Å². The summed E-state index contributed by atoms with van der Waals surface area (Å²) < 4.78 is 11.3. The zero-order valence-electron chi connectivity index (χ0n) is 8.54. The Kier molecular flexibility index (Phi) is 3.60. The highest BCUT2D eigenvalue weighted by Gasteiger charge is 2.33. The molecule has 3 heteroatoms. The minimum atomic E-state index is 0.0165. The van der Waals surface area contributed by atoms with Crippen LogP contribution in [0.25, 0.3) is 0 Å². The van der Waals surface area contributed by atoms with E-state index < -0.39 is 0 Å². The third-order valence-corrected chi connectivity index (χ3v) is 2.56. The highest BCUT2D eigenvalue weighted by molar-refractivity contribution is 6.46. The lowest BCUT2D eigenvalue weighted by Gasteiger charge is -2.34. The van der Waals surface area contributed by atoms with E-state index in [4.69, 9.17) is 9.31 Å². The lowest BCUT2D eigenvalue weighted by Crippen LogP contribution is -2.42. The van der Waals surface area contributed by atoms with Gasteiger partial charge in [0.05, 0.1) is 0 Å². The maximum Gasteiger partial charge on any atom is 0.459 e. The monoisotopic (exact) mass is 170 g/mol. The van der Waals surface area contributed by atoms with Crippen LogP contribution in [0.3, 0.4) is 0 Å². The fraction of sp³-hybridized carbons (Fsp3) is 1.00. The van der Waals surface area contributed by atoms with E-state index in [9.17, 15) is 0 Å². The van der Waals surface area contributed by atoms with Crippen LogP contribution in [0.15, 0.2) is 0 Å². The van der Waals surface area contributed by atoms with Crippen molar-refractivity contribution in [1.29, 1.82) is 0 Å². The molecule has 1 rings (SSSR count). The van der Waals surface area contributed by atoms with Gasteiger partial charge in [-0.05, 0) is 19.2 Å². The van der Waals surface area contributed by atoms with Crippen molar-refractivity contribution < 1.29 is 9.31 Å². The molecule has 1 aliphatic rings. The molecule has 0 N–H and O–H groups in total. The molecule has 1 saturated heterocycles. The Morgan fingerprint density at radius 3 is 2.58 bits per heavy atom. The van der Waals surface area contributed by atoms with E-state index in [0.717, 1.165) is 13.0 Å². The summed E-state index contributed by atoms with van der Waals surface area (Å²) in [5.74, 6) is 1.05. The smallest absolute Gasteiger partial charge is 0.411 e. The molecule has 12 heavy (non-hydrogen) atoms. The second-order valence-electron chi connectivity index (χ2n) is 3.96. The van der Waals surface area contributed by atoms with Gasteiger partial charge in [0, 0.05) is 18.6 Å². The highest BCUT2D eigenvalue weighted by atomic mass is 16.6. The van der Waals surface area contributed by atoms with Gasteiger partial charge in [0.25, 0.3) is 0 Å². The van der Waals surface area contributed by atoms with E-state index >= 15 is 0 Å². The maximum atomic E-state index is 5.73. The largest absolute Gasteiger partial charge is 0.459 e. The Labute approximate surface area is 75.8 Å². The van der Waals surface area contributed by atoms with Crippen molar-refractivity contribution in [3.63, 3.8) is 0 Å². The van der Waals surface area contributed by atoms with Crippen molar-refractivity contribution in [2.75, 3.05) is 6.61 Å². The van der Waals surface area contributed by atoms with E-state index in [1.54, 1.807) is 0 Å². The first-order chi connectivity index (χ1) is 5.65. The predicted molar refractivity (Wildman–Crippen MR) is 51.1 cm³/mol. The SMILES string of the molecule is CCC1COB(C(C)C)OC1C. The molecule has 2 unspecified atom stereocenters. The summed E-state index contributed by atoms with van der Waals surface area (Å²) in [6.07, 6.45) is 1.50. The molecule has 1 heterocycles. The Hall–Kier alpha value is -0.0151. The molecule has 0 bridgehead atoms. The zero-order chi connectivity index (χ0) is 9.14. The lowest BCUT2D eigenvalue weighted by atomic mass is 9.72. The van der Waals surface area contributed by atoms with Gasteiger partial charge in [-0.3, -0.25) is 0 Å². The summed E-state index contributed by atoms with van der Waals surface area (Å²) in [5.41, 5.74) is 0. The second-order valence-corrected chi connectivity index (χ2v) is 3.96. The second kappa shape index (κ2) is 4.29. The van der Waals surface area contributed by atoms with Gasteiger partial charge in [-0.2, -0.15) is 0 Å². The van der Waals surface area contributed by atoms with Crippen molar-refractivity contribution in [2.45, 2.75) is 46.0 Å². The van der Waals surface area contributed by atoms with Gasteiger partial charge < -0.3 is 9.31 Å². The van der Waals surface area contributed by atoms with Crippen LogP contribution in [-0.4, -0.2) is 19.8 Å². The van der Waals surface area contributed by atoms with E-state index in [0.29, 0.717) is 17.8 Å². The summed E-state index contributed by atoms with van der Waals surface area (Å²) in [6, 6.07) is 0. The lowest BCUT2D eigenvalue weighted by molar-refractivity contribution is 0.0182. The van der Waals surface area contributed by atoms with Crippen LogP contribution in [0.2, 0.25) is 5.82 Å². The van der Waals surface area contributed by atoms with Crippen molar-refractivity contribution in [2.24, 2.45) is 5.92 Å². The number of rotatable bonds is 2. The Morgan fingerprint density at radius 2 is 2.17 bits per heavy atom. The van der Waals surface area contributed by atoms with Gasteiger partial charge in [-0.25, -0.2) is 0 Å². The molecule has 0 saturated carbocycles. The van der Waals surface area contributed by atoms with Gasteiger partial charge in [0.1, 0.15) is 0 Å². The van der Waals surface area contributed by atoms with Gasteiger partial charge in [-0.1, -0.05) is 20.8 Å². The number of hydrogen-bond donors (Lipinski definition) is 0. The van der Waals surface area contributed by atoms with Crippen molar-refractivity contribution in [3.8, 4) is 0 Å². The third-order valence-electron chi connectivity index (χ3n) is 2.56. The van der Waals surface area contributed by atoms with E-state index in [2.05, 4.69) is 27.7 Å². The fourth-order valence-electron chi connectivity index (χ4n) is 1.52. The van der Waals surface area contributed by atoms with Crippen LogP contribution in [0.5, 0.6) is 0 Å². The van der Waals surface area contributed by atoms with E-state index in [1.807, 2.05) is 0 Å². The van der Waals surface area contributed by atoms with Gasteiger partial charge in [-0.15, -0.1) is 0 Å². The van der Waals surface area contributed by atoms with Crippen LogP contribution in [0.1, 0.15) is 34.1 Å². The predicted octanol–water partition coefficient (Wildman–Crippen LogP) is 2.35. The molecule has 1 fully saturated rings. The summed E-state index contributed by atoms with van der Waals surface area (Å²) in [4.78, 5) is 0. The summed E-state index contributed by atoms with van der Waals surface area (Å²) in [5, 5.41) is 0. The average Bonchev–Trinajstić information content (AvgIpc) is 2.04. The van der Waals surface area contributed by atoms with E-state index in [1.165, 1.54) is 0 Å². The topological polar surface area (TPSA) is 18.5 Å². The molecule has 0 radical (unpaired) electrons. The van der Waals surface area contributed by atoms with Gasteiger partial charge in [0.2, 0.25) is 0 Å². The van der Waals surface area contributed by atoms with Crippen molar-refractivity contribution >= 4 is 7.12 Å². The molecule has 0 amide bonds. The van der Waals surface area contributed by atoms with Crippen LogP contribution >= 0.6 is 0 Å². The summed E-state index contributed by atoms with van der Waals surface area (Å²) >= 11 is 0. The standard InChI is InChI=1S/C9H19BO2/c1-5-9-6-11-10(7(2)3)12-8(9)4/h7-9H,5-6H2,1-4H3. The van der Waals surface area contributed by atoms with Crippen LogP contribution in [-0.2, 0) is 9.31 Å². The zero-order valence-corrected chi connectivity index (χ0v) is 8.54. The highest BCUT2D eigenvalue weighted by Crippen LogP contribution is 2.24. The molecular weight excluding hydrogens is 151 g/mol. The average molecular weight is 170 g/mol. The summed E-state index contributed by atoms with van der Waals surface area (Å²) in [7, 11) is 0.0165. The molecule has 0 aromatic rings. The first-order valence-corrected chi connectivity index (χ1v) is 4.92. The van der Waals surface area contributed by atoms with E-state index in [-0.39, 0.29) is 7.12 Å². The Morgan fingerprint density at radius 1 is 1.50 bits per heavy atom. The molecule has 70 valence electrons. The summed E-state index contributed by atoms with van der Waals surface area (Å²) in [6.45, 7) is 9.45. The molecule has 1 aliphatic heterocycles. The van der Waals surface area contributed by atoms with Crippen LogP contribution in [0, 0.1) is 5.92 Å². The molecule has 2 atom stereocenters. The quantitative estimate of drug-likeness (QED) is 0.592. The number of hydrogen-bond acceptors (Lipinski definition) is 2. The van der Waals surface area contributed by atoms with Gasteiger partial charge in [0.15, 0.2) is 0 Å². The molecule has 2 nitrogen and oxygen atoms in total. The molecular formula is C9H19BO2. The molecule has 0 aromatic carbocycles. The Balaban J connectivity index is 2.40. The normalized spacial score (nSPS) is 31.2. The van der Waals surface area contributed by atoms with Crippen LogP contribution in [0.4, 0.5) is 0 Å². The van der Waals surface area contributed by atoms with Gasteiger partial charge >= 0.3 is 7.12 Å². The maximum absolute atomic E-state index is 5.73. The third kappa shape index (κ3) is 2.24. The molecule has 0 aliphatic carbocycles. The minimum absolute atomic E-state index is 0.0165. The Bertz CT molecular complexity index is 138. The first kappa shape index (κ1) is 10.1. The van der Waals surface area contributed by atoms with Crippen molar-refractivity contribution in [1.82, 2.24) is 0 Å². The minimum Gasteiger partial charge on any atom is -0.411 e. The van der Waals surface area contributed by atoms with Crippen molar-refractivity contribution in [3.05, 3.63) is 0 Å². The molecule has 0 spiro atoms. The first-order valence-electron chi connectivity index (χ1n) is 4.92. The fourth-order valence-corrected chi connectivity index (χ4v) is 1.52. The molecule has 0 aromatic heterocycles.